The molecule has 0 aliphatic heterocycles. The Balaban J connectivity index is 1.65. The monoisotopic (exact) mass is 433 g/mol. The van der Waals surface area contributed by atoms with E-state index >= 15 is 0 Å². The van der Waals surface area contributed by atoms with Gasteiger partial charge in [-0.15, -0.1) is 0 Å². The molecule has 4 rings (SSSR count). The lowest BCUT2D eigenvalue weighted by molar-refractivity contribution is 0.0996. The molecule has 0 saturated heterocycles. The molecular formula is C24H24FN5O2. The summed E-state index contributed by atoms with van der Waals surface area (Å²) >= 11 is 0. The van der Waals surface area contributed by atoms with Gasteiger partial charge in [0.25, 0.3) is 5.91 Å². The molecule has 4 N–H and O–H groups in total. The molecule has 7 nitrogen and oxygen atoms in total. The molecule has 1 amide bonds. The van der Waals surface area contributed by atoms with Crippen molar-refractivity contribution in [2.45, 2.75) is 38.0 Å². The van der Waals surface area contributed by atoms with Gasteiger partial charge >= 0.3 is 0 Å². The quantitative estimate of drug-likeness (QED) is 0.612. The van der Waals surface area contributed by atoms with E-state index in [9.17, 15) is 14.4 Å². The minimum absolute atomic E-state index is 0.00393. The molecule has 1 aliphatic rings. The number of carbonyl (C=O) groups is 1. The normalized spacial score (nSPS) is 13.8. The lowest BCUT2D eigenvalue weighted by Crippen LogP contribution is -2.14. The first-order valence-electron chi connectivity index (χ1n) is 10.5. The summed E-state index contributed by atoms with van der Waals surface area (Å²) in [5.74, 6) is -0.758. The minimum Gasteiger partial charge on any atom is -0.496 e. The average molecular weight is 433 g/mol. The standard InChI is InChI=1S/C24H24FN5O2/c1-32-23-16(11-17(25)12-19(23)24(28)31)10-14-6-8-18(9-7-14)30-20(13-26)21(27)22(29-30)15-4-2-3-5-15/h6-9,11-12,15H,2-5,10,27H2,1H3,(H2,28,31). The number of amides is 1. The van der Waals surface area contributed by atoms with Gasteiger partial charge < -0.3 is 16.2 Å². The maximum Gasteiger partial charge on any atom is 0.252 e. The third-order valence-corrected chi connectivity index (χ3v) is 5.97. The summed E-state index contributed by atoms with van der Waals surface area (Å²) in [6.07, 6.45) is 4.70. The Morgan fingerprint density at radius 2 is 1.97 bits per heavy atom. The van der Waals surface area contributed by atoms with E-state index in [4.69, 9.17) is 16.2 Å². The Labute approximate surface area is 185 Å². The van der Waals surface area contributed by atoms with Crippen molar-refractivity contribution in [2.75, 3.05) is 12.8 Å². The number of carbonyl (C=O) groups excluding carboxylic acids is 1. The van der Waals surface area contributed by atoms with Crippen molar-refractivity contribution in [3.05, 3.63) is 70.3 Å². The van der Waals surface area contributed by atoms with Gasteiger partial charge in [-0.05, 0) is 42.7 Å². The predicted molar refractivity (Wildman–Crippen MR) is 118 cm³/mol. The molecule has 0 spiro atoms. The van der Waals surface area contributed by atoms with Crippen molar-refractivity contribution in [3.63, 3.8) is 0 Å². The van der Waals surface area contributed by atoms with Gasteiger partial charge in [0.05, 0.1) is 29.7 Å². The molecule has 164 valence electrons. The Hall–Kier alpha value is -3.86. The highest BCUT2D eigenvalue weighted by atomic mass is 19.1. The van der Waals surface area contributed by atoms with Gasteiger partial charge in [0.1, 0.15) is 17.6 Å². The molecule has 1 aromatic heterocycles. The highest BCUT2D eigenvalue weighted by Crippen LogP contribution is 2.37. The highest BCUT2D eigenvalue weighted by Gasteiger charge is 2.26. The van der Waals surface area contributed by atoms with Gasteiger partial charge in [-0.3, -0.25) is 4.79 Å². The van der Waals surface area contributed by atoms with Crippen LogP contribution >= 0.6 is 0 Å². The number of aromatic nitrogens is 2. The van der Waals surface area contributed by atoms with Crippen LogP contribution in [0.15, 0.2) is 36.4 Å². The molecule has 1 aliphatic carbocycles. The fraction of sp³-hybridized carbons (Fsp3) is 0.292. The topological polar surface area (TPSA) is 120 Å². The maximum atomic E-state index is 14.0. The second-order valence-electron chi connectivity index (χ2n) is 8.01. The van der Waals surface area contributed by atoms with Crippen LogP contribution in [0.25, 0.3) is 5.69 Å². The summed E-state index contributed by atoms with van der Waals surface area (Å²) in [7, 11) is 1.42. The van der Waals surface area contributed by atoms with Crippen molar-refractivity contribution < 1.29 is 13.9 Å². The van der Waals surface area contributed by atoms with E-state index in [1.807, 2.05) is 24.3 Å². The first kappa shape index (κ1) is 21.4. The molecule has 0 atom stereocenters. The number of nitrogen functional groups attached to an aromatic ring is 1. The van der Waals surface area contributed by atoms with Crippen LogP contribution in [0, 0.1) is 17.1 Å². The average Bonchev–Trinajstić information content (AvgIpc) is 3.41. The van der Waals surface area contributed by atoms with Gasteiger partial charge in [-0.1, -0.05) is 25.0 Å². The number of nitrogens with zero attached hydrogens (tertiary/aromatic N) is 3. The number of hydrogen-bond donors (Lipinski definition) is 2. The number of benzene rings is 2. The predicted octanol–water partition coefficient (Wildman–Crippen LogP) is 3.82. The lowest BCUT2D eigenvalue weighted by Gasteiger charge is -2.13. The first-order chi connectivity index (χ1) is 15.4. The lowest BCUT2D eigenvalue weighted by atomic mass is 10.0. The zero-order valence-electron chi connectivity index (χ0n) is 17.8. The number of ether oxygens (including phenoxy) is 1. The van der Waals surface area contributed by atoms with Crippen LogP contribution in [-0.4, -0.2) is 22.8 Å². The van der Waals surface area contributed by atoms with Crippen LogP contribution in [-0.2, 0) is 6.42 Å². The molecule has 1 saturated carbocycles. The third kappa shape index (κ3) is 3.89. The fourth-order valence-electron chi connectivity index (χ4n) is 4.42. The number of nitrogens with two attached hydrogens (primary N) is 2. The van der Waals surface area contributed by atoms with E-state index in [-0.39, 0.29) is 11.3 Å². The van der Waals surface area contributed by atoms with E-state index < -0.39 is 11.7 Å². The minimum atomic E-state index is -0.753. The number of primary amides is 1. The summed E-state index contributed by atoms with van der Waals surface area (Å²) in [6, 6.07) is 12.0. The number of anilines is 1. The maximum absolute atomic E-state index is 14.0. The van der Waals surface area contributed by atoms with Crippen LogP contribution in [0.4, 0.5) is 10.1 Å². The third-order valence-electron chi connectivity index (χ3n) is 5.97. The SMILES string of the molecule is COc1c(Cc2ccc(-n3nc(C4CCCC4)c(N)c3C#N)cc2)cc(F)cc1C(N)=O. The molecule has 0 unspecified atom stereocenters. The molecule has 1 fully saturated rings. The zero-order valence-corrected chi connectivity index (χ0v) is 17.8. The van der Waals surface area contributed by atoms with Gasteiger partial charge in [0.15, 0.2) is 5.69 Å². The first-order valence-corrected chi connectivity index (χ1v) is 10.5. The van der Waals surface area contributed by atoms with Gasteiger partial charge in [0.2, 0.25) is 0 Å². The van der Waals surface area contributed by atoms with Crippen molar-refractivity contribution in [3.8, 4) is 17.5 Å². The Morgan fingerprint density at radius 3 is 2.56 bits per heavy atom. The van der Waals surface area contributed by atoms with Crippen LogP contribution in [0.2, 0.25) is 0 Å². The highest BCUT2D eigenvalue weighted by molar-refractivity contribution is 5.96. The van der Waals surface area contributed by atoms with E-state index in [2.05, 4.69) is 11.2 Å². The molecule has 0 bridgehead atoms. The van der Waals surface area contributed by atoms with Gasteiger partial charge in [0, 0.05) is 17.9 Å². The molecule has 3 aromatic rings. The van der Waals surface area contributed by atoms with Crippen molar-refractivity contribution in [1.29, 1.82) is 5.26 Å². The van der Waals surface area contributed by atoms with Gasteiger partial charge in [-0.25, -0.2) is 9.07 Å². The second kappa shape index (κ2) is 8.71. The van der Waals surface area contributed by atoms with Crippen molar-refractivity contribution in [1.82, 2.24) is 9.78 Å². The molecular weight excluding hydrogens is 409 g/mol. The Bertz CT molecular complexity index is 1200. The van der Waals surface area contributed by atoms with E-state index in [1.165, 1.54) is 13.2 Å². The summed E-state index contributed by atoms with van der Waals surface area (Å²) < 4.78 is 20.9. The molecule has 0 radical (unpaired) electrons. The van der Waals surface area contributed by atoms with E-state index in [0.29, 0.717) is 35.0 Å². The fourth-order valence-corrected chi connectivity index (χ4v) is 4.42. The van der Waals surface area contributed by atoms with Crippen LogP contribution in [0.1, 0.15) is 64.5 Å². The number of hydrogen-bond acceptors (Lipinski definition) is 5. The second-order valence-corrected chi connectivity index (χ2v) is 8.01. The van der Waals surface area contributed by atoms with Crippen LogP contribution in [0.5, 0.6) is 5.75 Å². The Kier molecular flexibility index (Phi) is 5.82. The van der Waals surface area contributed by atoms with Crippen molar-refractivity contribution in [2.24, 2.45) is 5.73 Å². The van der Waals surface area contributed by atoms with Crippen molar-refractivity contribution >= 4 is 11.6 Å². The molecule has 1 heterocycles. The summed E-state index contributed by atoms with van der Waals surface area (Å²) in [6.45, 7) is 0. The smallest absolute Gasteiger partial charge is 0.252 e. The Morgan fingerprint density at radius 1 is 1.28 bits per heavy atom. The summed E-state index contributed by atoms with van der Waals surface area (Å²) in [5.41, 5.74) is 15.3. The van der Waals surface area contributed by atoms with Crippen LogP contribution in [0.3, 0.4) is 0 Å². The van der Waals surface area contributed by atoms with E-state index in [0.717, 1.165) is 43.0 Å². The molecule has 32 heavy (non-hydrogen) atoms. The number of nitriles is 1. The number of methoxy groups -OCH3 is 1. The number of halogens is 1. The summed E-state index contributed by atoms with van der Waals surface area (Å²) in [5, 5.41) is 14.3. The molecule has 2 aromatic carbocycles. The summed E-state index contributed by atoms with van der Waals surface area (Å²) in [4.78, 5) is 11.7. The molecule has 8 heteroatoms. The zero-order chi connectivity index (χ0) is 22.8. The van der Waals surface area contributed by atoms with Crippen LogP contribution < -0.4 is 16.2 Å². The van der Waals surface area contributed by atoms with Gasteiger partial charge in [-0.2, -0.15) is 10.4 Å². The largest absolute Gasteiger partial charge is 0.496 e. The number of rotatable bonds is 6. The van der Waals surface area contributed by atoms with E-state index in [1.54, 1.807) is 4.68 Å².